The fourth-order valence-corrected chi connectivity index (χ4v) is 4.97. The van der Waals surface area contributed by atoms with Gasteiger partial charge in [-0.2, -0.15) is 0 Å². The Balaban J connectivity index is 1.46. The molecular formula is C28H26N2O3S. The molecule has 5 nitrogen and oxygen atoms in total. The number of rotatable bonds is 8. The number of hydrogen-bond donors (Lipinski definition) is 2. The summed E-state index contributed by atoms with van der Waals surface area (Å²) in [5, 5.41) is 3.30. The molecule has 0 bridgehead atoms. The first-order chi connectivity index (χ1) is 16.4. The summed E-state index contributed by atoms with van der Waals surface area (Å²) in [5.74, 6) is -0.319. The Morgan fingerprint density at radius 1 is 0.912 bits per heavy atom. The van der Waals surface area contributed by atoms with E-state index in [1.165, 1.54) is 11.3 Å². The van der Waals surface area contributed by atoms with E-state index in [1.54, 1.807) is 6.92 Å². The van der Waals surface area contributed by atoms with Crippen LogP contribution in [-0.2, 0) is 11.2 Å². The van der Waals surface area contributed by atoms with Crippen LogP contribution >= 0.6 is 11.3 Å². The summed E-state index contributed by atoms with van der Waals surface area (Å²) in [5.41, 5.74) is 10.1. The molecule has 0 aliphatic heterocycles. The molecule has 1 atom stereocenters. The van der Waals surface area contributed by atoms with Crippen molar-refractivity contribution in [2.24, 2.45) is 5.73 Å². The van der Waals surface area contributed by atoms with E-state index in [-0.39, 0.29) is 5.91 Å². The second-order valence-corrected chi connectivity index (χ2v) is 9.13. The maximum absolute atomic E-state index is 12.9. The van der Waals surface area contributed by atoms with Crippen LogP contribution in [0, 0.1) is 6.92 Å². The number of carbonyl (C=O) groups is 2. The lowest BCUT2D eigenvalue weighted by Gasteiger charge is -2.15. The summed E-state index contributed by atoms with van der Waals surface area (Å²) in [6.45, 7) is 3.54. The predicted molar refractivity (Wildman–Crippen MR) is 137 cm³/mol. The summed E-state index contributed by atoms with van der Waals surface area (Å²) in [4.78, 5) is 26.0. The number of amides is 2. The third-order valence-corrected chi connectivity index (χ3v) is 6.79. The summed E-state index contributed by atoms with van der Waals surface area (Å²) < 4.78 is 5.85. The molecule has 0 fully saturated rings. The van der Waals surface area contributed by atoms with Gasteiger partial charge < -0.3 is 15.8 Å². The molecule has 4 rings (SSSR count). The van der Waals surface area contributed by atoms with Gasteiger partial charge in [0.15, 0.2) is 6.10 Å². The zero-order valence-corrected chi connectivity index (χ0v) is 19.9. The van der Waals surface area contributed by atoms with Crippen LogP contribution < -0.4 is 15.8 Å². The van der Waals surface area contributed by atoms with Gasteiger partial charge in [-0.3, -0.25) is 9.59 Å². The first kappa shape index (κ1) is 23.3. The highest BCUT2D eigenvalue weighted by Gasteiger charge is 2.23. The number of nitrogens with one attached hydrogen (secondary N) is 1. The van der Waals surface area contributed by atoms with Crippen molar-refractivity contribution in [2.45, 2.75) is 26.4 Å². The van der Waals surface area contributed by atoms with E-state index in [9.17, 15) is 9.59 Å². The molecule has 3 aromatic carbocycles. The van der Waals surface area contributed by atoms with Crippen LogP contribution in [0.5, 0.6) is 5.75 Å². The molecule has 172 valence electrons. The van der Waals surface area contributed by atoms with E-state index < -0.39 is 12.0 Å². The van der Waals surface area contributed by atoms with Crippen molar-refractivity contribution in [3.8, 4) is 16.9 Å². The highest BCUT2D eigenvalue weighted by Crippen LogP contribution is 2.34. The summed E-state index contributed by atoms with van der Waals surface area (Å²) >= 11 is 1.37. The Kier molecular flexibility index (Phi) is 7.09. The largest absolute Gasteiger partial charge is 0.481 e. The first-order valence-electron chi connectivity index (χ1n) is 11.0. The molecule has 2 amide bonds. The van der Waals surface area contributed by atoms with Crippen LogP contribution in [0.15, 0.2) is 84.9 Å². The third kappa shape index (κ3) is 5.35. The number of benzene rings is 3. The number of hydrogen-bond acceptors (Lipinski definition) is 4. The molecule has 1 aromatic heterocycles. The van der Waals surface area contributed by atoms with Gasteiger partial charge in [-0.25, -0.2) is 0 Å². The number of carbonyl (C=O) groups excluding carboxylic acids is 2. The van der Waals surface area contributed by atoms with Crippen LogP contribution in [0.1, 0.15) is 33.3 Å². The average molecular weight is 471 g/mol. The molecule has 0 saturated carbocycles. The fraction of sp³-hybridized carbons (Fsp3) is 0.143. The molecule has 4 aromatic rings. The van der Waals surface area contributed by atoms with E-state index in [0.717, 1.165) is 27.1 Å². The molecule has 0 aliphatic rings. The second-order valence-electron chi connectivity index (χ2n) is 8.02. The van der Waals surface area contributed by atoms with Gasteiger partial charge in [0, 0.05) is 11.3 Å². The van der Waals surface area contributed by atoms with E-state index in [2.05, 4.69) is 5.32 Å². The molecule has 0 radical (unpaired) electrons. The van der Waals surface area contributed by atoms with Crippen molar-refractivity contribution >= 4 is 28.2 Å². The molecular weight excluding hydrogens is 444 g/mol. The quantitative estimate of drug-likeness (QED) is 0.340. The molecule has 34 heavy (non-hydrogen) atoms. The fourth-order valence-electron chi connectivity index (χ4n) is 3.72. The van der Waals surface area contributed by atoms with Gasteiger partial charge in [0.25, 0.3) is 11.8 Å². The molecule has 3 N–H and O–H groups in total. The van der Waals surface area contributed by atoms with E-state index in [0.29, 0.717) is 22.7 Å². The van der Waals surface area contributed by atoms with Gasteiger partial charge in [-0.05, 0) is 48.2 Å². The van der Waals surface area contributed by atoms with Gasteiger partial charge in [0.2, 0.25) is 0 Å². The Bertz CT molecular complexity index is 1280. The van der Waals surface area contributed by atoms with Gasteiger partial charge in [-0.15, -0.1) is 11.3 Å². The van der Waals surface area contributed by atoms with Gasteiger partial charge in [0.05, 0.1) is 5.56 Å². The number of nitrogens with two attached hydrogens (primary N) is 1. The van der Waals surface area contributed by atoms with Crippen LogP contribution in [0.25, 0.3) is 11.1 Å². The Labute approximate surface area is 203 Å². The van der Waals surface area contributed by atoms with Crippen molar-refractivity contribution in [3.63, 3.8) is 0 Å². The number of anilines is 1. The minimum absolute atomic E-state index is 0.345. The Morgan fingerprint density at radius 2 is 1.50 bits per heavy atom. The molecule has 0 spiro atoms. The maximum atomic E-state index is 12.9. The second kappa shape index (κ2) is 10.4. The van der Waals surface area contributed by atoms with Crippen LogP contribution in [0.4, 0.5) is 5.00 Å². The number of primary amides is 1. The predicted octanol–water partition coefficient (Wildman–Crippen LogP) is 5.82. The Morgan fingerprint density at radius 3 is 2.12 bits per heavy atom. The summed E-state index contributed by atoms with van der Waals surface area (Å²) in [6, 6.07) is 27.6. The lowest BCUT2D eigenvalue weighted by Crippen LogP contribution is -2.30. The van der Waals surface area contributed by atoms with E-state index in [4.69, 9.17) is 10.5 Å². The maximum Gasteiger partial charge on any atom is 0.265 e. The summed E-state index contributed by atoms with van der Waals surface area (Å²) in [7, 11) is 0. The first-order valence-corrected chi connectivity index (χ1v) is 11.8. The van der Waals surface area contributed by atoms with E-state index >= 15 is 0 Å². The lowest BCUT2D eigenvalue weighted by atomic mass is 10.1. The smallest absolute Gasteiger partial charge is 0.265 e. The van der Waals surface area contributed by atoms with Crippen molar-refractivity contribution in [2.75, 3.05) is 5.32 Å². The zero-order valence-electron chi connectivity index (χ0n) is 19.1. The van der Waals surface area contributed by atoms with Crippen molar-refractivity contribution in [3.05, 3.63) is 106 Å². The van der Waals surface area contributed by atoms with Gasteiger partial charge in [0.1, 0.15) is 10.8 Å². The topological polar surface area (TPSA) is 81.4 Å². The average Bonchev–Trinajstić information content (AvgIpc) is 3.15. The molecule has 1 unspecified atom stereocenters. The lowest BCUT2D eigenvalue weighted by molar-refractivity contribution is -0.122. The van der Waals surface area contributed by atoms with Crippen molar-refractivity contribution in [1.29, 1.82) is 0 Å². The normalized spacial score (nSPS) is 11.6. The Hall–Kier alpha value is -3.90. The van der Waals surface area contributed by atoms with Crippen molar-refractivity contribution in [1.82, 2.24) is 0 Å². The zero-order chi connectivity index (χ0) is 24.1. The van der Waals surface area contributed by atoms with Crippen molar-refractivity contribution < 1.29 is 14.3 Å². The minimum Gasteiger partial charge on any atom is -0.481 e. The highest BCUT2D eigenvalue weighted by atomic mass is 32.1. The van der Waals surface area contributed by atoms with Crippen LogP contribution in [0.2, 0.25) is 0 Å². The minimum atomic E-state index is -0.761. The third-order valence-electron chi connectivity index (χ3n) is 5.58. The monoisotopic (exact) mass is 470 g/mol. The van der Waals surface area contributed by atoms with Crippen LogP contribution in [0.3, 0.4) is 0 Å². The summed E-state index contributed by atoms with van der Waals surface area (Å²) in [6.07, 6.45) is -0.101. The molecule has 0 saturated heterocycles. The molecule has 1 heterocycles. The van der Waals surface area contributed by atoms with Gasteiger partial charge in [-0.1, -0.05) is 72.8 Å². The highest BCUT2D eigenvalue weighted by molar-refractivity contribution is 7.17. The number of thiophene rings is 1. The number of ether oxygens (including phenoxy) is 1. The van der Waals surface area contributed by atoms with Crippen LogP contribution in [-0.4, -0.2) is 17.9 Å². The SMILES string of the molecule is Cc1c(Cc2ccccc2)sc(NC(=O)C(C)Oc2ccc(-c3ccccc3)cc2)c1C(N)=O. The molecule has 0 aliphatic carbocycles. The van der Waals surface area contributed by atoms with E-state index in [1.807, 2.05) is 91.9 Å². The molecule has 6 heteroatoms. The standard InChI is InChI=1S/C28H26N2O3S/c1-18-24(17-20-9-5-3-6-10-20)34-28(25(18)26(29)31)30-27(32)19(2)33-23-15-13-22(14-16-23)21-11-7-4-8-12-21/h3-16,19H,17H2,1-2H3,(H2,29,31)(H,30,32). The van der Waals surface area contributed by atoms with Gasteiger partial charge >= 0.3 is 0 Å².